The van der Waals surface area contributed by atoms with E-state index in [4.69, 9.17) is 0 Å². The quantitative estimate of drug-likeness (QED) is 0.121. The molecule has 0 amide bonds. The average Bonchev–Trinajstić information content (AvgIpc) is 2.65. The predicted octanol–water partition coefficient (Wildman–Crippen LogP) is 9.37. The third-order valence-corrected chi connectivity index (χ3v) is 7.19. The molecular weight excluding hydrogens is 344 g/mol. The Kier molecular flexibility index (Phi) is 24.4. The highest BCUT2D eigenvalue weighted by Crippen LogP contribution is 2.15. The smallest absolute Gasteiger partial charge is 0.219 e. The van der Waals surface area contributed by atoms with Crippen molar-refractivity contribution in [3.05, 3.63) is 0 Å². The van der Waals surface area contributed by atoms with Gasteiger partial charge < -0.3 is 4.80 Å². The lowest BCUT2D eigenvalue weighted by Crippen LogP contribution is -2.01. The average molecular weight is 398 g/mol. The monoisotopic (exact) mass is 397 g/mol. The van der Waals surface area contributed by atoms with E-state index in [-0.39, 0.29) is 0 Å². The molecule has 163 valence electrons. The van der Waals surface area contributed by atoms with Gasteiger partial charge in [0.05, 0.1) is 0 Å². The first-order valence-corrected chi connectivity index (χ1v) is 15.4. The maximum atomic E-state index is 11.1. The van der Waals surface area contributed by atoms with Crippen LogP contribution in [0.4, 0.5) is 0 Å². The molecule has 1 unspecified atom stereocenters. The Morgan fingerprint density at radius 2 is 0.630 bits per heavy atom. The van der Waals surface area contributed by atoms with Crippen LogP contribution in [-0.4, -0.2) is 9.04 Å². The fraction of sp³-hybridized carbons (Fsp3) is 1.00. The number of rotatable bonds is 23. The zero-order valence-corrected chi connectivity index (χ0v) is 20.4. The lowest BCUT2D eigenvalue weighted by molar-refractivity contribution is 0.447. The molecule has 0 aromatic rings. The van der Waals surface area contributed by atoms with Gasteiger partial charge in [-0.1, -0.05) is 148 Å². The van der Waals surface area contributed by atoms with Crippen LogP contribution in [0.5, 0.6) is 0 Å². The molecule has 2 heteroatoms. The van der Waals surface area contributed by atoms with Gasteiger partial charge in [-0.2, -0.15) is 0 Å². The van der Waals surface area contributed by atoms with Crippen LogP contribution in [0.2, 0.25) is 12.6 Å². The fourth-order valence-corrected chi connectivity index (χ4v) is 4.90. The van der Waals surface area contributed by atoms with Crippen LogP contribution in [0.3, 0.4) is 0 Å². The summed E-state index contributed by atoms with van der Waals surface area (Å²) in [7, 11) is -1.52. The summed E-state index contributed by atoms with van der Waals surface area (Å²) in [5.74, 6) is 0. The maximum Gasteiger partial charge on any atom is 0.219 e. The summed E-state index contributed by atoms with van der Waals surface area (Å²) in [6.45, 7) is 4.22. The van der Waals surface area contributed by atoms with Crippen LogP contribution in [0, 0.1) is 0 Å². The van der Waals surface area contributed by atoms with Crippen molar-refractivity contribution in [3.8, 4) is 0 Å². The Hall–Kier alpha value is 0.177. The van der Waals surface area contributed by atoms with Crippen LogP contribution >= 0.6 is 0 Å². The molecule has 0 saturated carbocycles. The van der Waals surface area contributed by atoms with Crippen molar-refractivity contribution in [2.75, 3.05) is 0 Å². The molecule has 0 N–H and O–H groups in total. The molecule has 0 saturated heterocycles. The Balaban J connectivity index is 2.97. The highest BCUT2D eigenvalue weighted by molar-refractivity contribution is 6.48. The van der Waals surface area contributed by atoms with Crippen LogP contribution < -0.4 is 0 Å². The molecule has 0 aromatic carbocycles. The van der Waals surface area contributed by atoms with Gasteiger partial charge in [-0.25, -0.2) is 0 Å². The first-order chi connectivity index (χ1) is 13.3. The van der Waals surface area contributed by atoms with Gasteiger partial charge >= 0.3 is 0 Å². The van der Waals surface area contributed by atoms with E-state index in [1.807, 2.05) is 6.55 Å². The minimum Gasteiger partial charge on any atom is -0.302 e. The second-order valence-electron chi connectivity index (χ2n) is 9.02. The molecule has 0 aliphatic heterocycles. The van der Waals surface area contributed by atoms with Crippen molar-refractivity contribution < 1.29 is 4.80 Å². The molecule has 0 aliphatic rings. The van der Waals surface area contributed by atoms with Crippen LogP contribution in [0.25, 0.3) is 0 Å². The zero-order chi connectivity index (χ0) is 19.8. The molecule has 0 fully saturated rings. The molecule has 0 heterocycles. The molecule has 1 atom stereocenters. The van der Waals surface area contributed by atoms with Crippen molar-refractivity contribution in [2.24, 2.45) is 0 Å². The van der Waals surface area contributed by atoms with Crippen molar-refractivity contribution in [1.82, 2.24) is 0 Å². The molecule has 0 spiro atoms. The second kappa shape index (κ2) is 24.2. The first-order valence-electron chi connectivity index (χ1n) is 12.9. The van der Waals surface area contributed by atoms with Crippen LogP contribution in [0.1, 0.15) is 148 Å². The summed E-state index contributed by atoms with van der Waals surface area (Å²) in [5.41, 5.74) is 0. The van der Waals surface area contributed by atoms with E-state index in [0.717, 1.165) is 6.04 Å². The molecule has 27 heavy (non-hydrogen) atoms. The third kappa shape index (κ3) is 26.2. The van der Waals surface area contributed by atoms with Gasteiger partial charge in [0, 0.05) is 0 Å². The Morgan fingerprint density at radius 3 is 0.852 bits per heavy atom. The van der Waals surface area contributed by atoms with Crippen molar-refractivity contribution >= 4 is 9.04 Å². The highest BCUT2D eigenvalue weighted by Gasteiger charge is 2.00. The summed E-state index contributed by atoms with van der Waals surface area (Å²) in [6, 6.07) is 1.01. The van der Waals surface area contributed by atoms with Gasteiger partial charge in [0.25, 0.3) is 0 Å². The lowest BCUT2D eigenvalue weighted by atomic mass is 10.0. The van der Waals surface area contributed by atoms with E-state index >= 15 is 0 Å². The van der Waals surface area contributed by atoms with E-state index in [2.05, 4.69) is 6.92 Å². The first kappa shape index (κ1) is 27.2. The number of hydrogen-bond donors (Lipinski definition) is 0. The van der Waals surface area contributed by atoms with Crippen molar-refractivity contribution in [3.63, 3.8) is 0 Å². The predicted molar refractivity (Wildman–Crippen MR) is 126 cm³/mol. The van der Waals surface area contributed by atoms with Crippen LogP contribution in [-0.2, 0) is 4.80 Å². The summed E-state index contributed by atoms with van der Waals surface area (Å²) in [4.78, 5) is 11.1. The molecule has 0 bridgehead atoms. The SMILES string of the molecule is CCCCCCCCCCCCCCCCCCCCCCCC[SiH](C)[O]. The molecule has 0 aromatic heterocycles. The van der Waals surface area contributed by atoms with Gasteiger partial charge in [0.1, 0.15) is 0 Å². The van der Waals surface area contributed by atoms with Gasteiger partial charge in [-0.3, -0.25) is 0 Å². The molecule has 1 radical (unpaired) electrons. The van der Waals surface area contributed by atoms with E-state index in [9.17, 15) is 4.80 Å². The lowest BCUT2D eigenvalue weighted by Gasteiger charge is -2.04. The molecule has 1 nitrogen and oxygen atoms in total. The van der Waals surface area contributed by atoms with Crippen molar-refractivity contribution in [2.45, 2.75) is 161 Å². The summed E-state index contributed by atoms with van der Waals surface area (Å²) < 4.78 is 0. The normalized spacial score (nSPS) is 12.6. The summed E-state index contributed by atoms with van der Waals surface area (Å²) in [6.07, 6.45) is 31.5. The largest absolute Gasteiger partial charge is 0.302 e. The standard InChI is InChI=1S/C25H53OSi/c1-3-4-5-6-7-8-9-10-11-12-13-14-15-16-17-18-19-20-21-22-23-24-25-27(2)26/h27H,3-25H2,1-2H3. The van der Waals surface area contributed by atoms with Gasteiger partial charge in [-0.15, -0.1) is 0 Å². The number of hydrogen-bond acceptors (Lipinski definition) is 0. The minimum absolute atomic E-state index is 1.01. The Bertz CT molecular complexity index is 255. The number of unbranched alkanes of at least 4 members (excludes halogenated alkanes) is 21. The minimum atomic E-state index is -1.52. The molecule has 0 rings (SSSR count). The third-order valence-electron chi connectivity index (χ3n) is 5.96. The van der Waals surface area contributed by atoms with Crippen molar-refractivity contribution in [1.29, 1.82) is 0 Å². The summed E-state index contributed by atoms with van der Waals surface area (Å²) in [5, 5.41) is 0. The Morgan fingerprint density at radius 1 is 0.407 bits per heavy atom. The fourth-order valence-electron chi connectivity index (χ4n) is 4.04. The van der Waals surface area contributed by atoms with Gasteiger partial charge in [0.2, 0.25) is 9.04 Å². The van der Waals surface area contributed by atoms with E-state index < -0.39 is 9.04 Å². The van der Waals surface area contributed by atoms with Crippen LogP contribution in [0.15, 0.2) is 0 Å². The van der Waals surface area contributed by atoms with E-state index in [1.54, 1.807) is 0 Å². The highest BCUT2D eigenvalue weighted by atomic mass is 28.3. The summed E-state index contributed by atoms with van der Waals surface area (Å²) >= 11 is 0. The molecule has 0 aliphatic carbocycles. The van der Waals surface area contributed by atoms with E-state index in [1.165, 1.54) is 141 Å². The second-order valence-corrected chi connectivity index (χ2v) is 11.2. The zero-order valence-electron chi connectivity index (χ0n) is 19.2. The topological polar surface area (TPSA) is 19.9 Å². The maximum absolute atomic E-state index is 11.1. The van der Waals surface area contributed by atoms with E-state index in [0.29, 0.717) is 0 Å². The van der Waals surface area contributed by atoms with Gasteiger partial charge in [-0.05, 0) is 12.6 Å². The Labute approximate surface area is 174 Å². The van der Waals surface area contributed by atoms with Gasteiger partial charge in [0.15, 0.2) is 0 Å². The molecular formula is C25H53OSi.